The molecule has 0 aliphatic heterocycles. The van der Waals surface area contributed by atoms with Gasteiger partial charge in [0, 0.05) is 0 Å². The summed E-state index contributed by atoms with van der Waals surface area (Å²) in [7, 11) is 1.29. The Balaban J connectivity index is 2.46. The van der Waals surface area contributed by atoms with Crippen LogP contribution in [0.15, 0.2) is 35.1 Å². The molecule has 7 nitrogen and oxygen atoms in total. The lowest BCUT2D eigenvalue weighted by Gasteiger charge is -2.00. The molecule has 0 unspecified atom stereocenters. The van der Waals surface area contributed by atoms with E-state index in [2.05, 4.69) is 5.10 Å². The van der Waals surface area contributed by atoms with E-state index >= 15 is 0 Å². The third-order valence-electron chi connectivity index (χ3n) is 2.32. The van der Waals surface area contributed by atoms with E-state index in [0.717, 1.165) is 9.58 Å². The highest BCUT2D eigenvalue weighted by atomic mass is 16.7. The lowest BCUT2D eigenvalue weighted by Crippen LogP contribution is -2.30. The standard InChI is InChI=1S/C12H11N3O4/c1-9(8-16)11-13-15(12(17)14(11)18-2)19-10-6-4-3-5-7-10/h3-7H,1-2H3. The molecule has 0 N–H and O–H groups in total. The summed E-state index contributed by atoms with van der Waals surface area (Å²) in [5.41, 5.74) is -0.523. The Morgan fingerprint density at radius 1 is 1.32 bits per heavy atom. The average molecular weight is 261 g/mol. The molecule has 0 aliphatic rings. The number of carbonyl (C=O) groups excluding carboxylic acids is 1. The van der Waals surface area contributed by atoms with Crippen molar-refractivity contribution in [2.24, 2.45) is 0 Å². The van der Waals surface area contributed by atoms with Gasteiger partial charge in [0.05, 0.1) is 5.57 Å². The second-order valence-corrected chi connectivity index (χ2v) is 3.59. The summed E-state index contributed by atoms with van der Waals surface area (Å²) < 4.78 is 0.850. The molecule has 1 heterocycles. The molecule has 0 amide bonds. The molecule has 0 atom stereocenters. The highest BCUT2D eigenvalue weighted by Gasteiger charge is 2.17. The minimum atomic E-state index is -0.657. The zero-order valence-electron chi connectivity index (χ0n) is 10.4. The number of hydrogen-bond acceptors (Lipinski definition) is 5. The lowest BCUT2D eigenvalue weighted by molar-refractivity contribution is 0.126. The van der Waals surface area contributed by atoms with Gasteiger partial charge in [0.25, 0.3) is 0 Å². The summed E-state index contributed by atoms with van der Waals surface area (Å²) in [6.07, 6.45) is 0. The SMILES string of the molecule is COn1c(C(C)=C=O)nn(Oc2ccccc2)c1=O. The van der Waals surface area contributed by atoms with Crippen LogP contribution in [0.5, 0.6) is 5.75 Å². The van der Waals surface area contributed by atoms with Crippen LogP contribution in [0.4, 0.5) is 0 Å². The van der Waals surface area contributed by atoms with Gasteiger partial charge in [-0.05, 0) is 23.9 Å². The first kappa shape index (κ1) is 12.7. The molecule has 0 spiro atoms. The number of hydrogen-bond donors (Lipinski definition) is 0. The van der Waals surface area contributed by atoms with E-state index in [1.54, 1.807) is 30.2 Å². The van der Waals surface area contributed by atoms with Gasteiger partial charge in [-0.2, -0.15) is 0 Å². The quantitative estimate of drug-likeness (QED) is 0.734. The number of aromatic nitrogens is 3. The summed E-state index contributed by atoms with van der Waals surface area (Å²) in [6.45, 7) is 1.47. The number of benzene rings is 1. The van der Waals surface area contributed by atoms with Gasteiger partial charge in [-0.25, -0.2) is 9.59 Å². The molecule has 0 saturated carbocycles. The van der Waals surface area contributed by atoms with Crippen LogP contribution in [0.2, 0.25) is 0 Å². The Bertz CT molecular complexity index is 681. The molecule has 0 fully saturated rings. The zero-order valence-corrected chi connectivity index (χ0v) is 10.4. The Kier molecular flexibility index (Phi) is 3.49. The molecule has 0 radical (unpaired) electrons. The molecule has 2 rings (SSSR count). The molecule has 7 heteroatoms. The van der Waals surface area contributed by atoms with Crippen LogP contribution in [0.3, 0.4) is 0 Å². The van der Waals surface area contributed by atoms with Gasteiger partial charge in [-0.3, -0.25) is 0 Å². The summed E-state index contributed by atoms with van der Waals surface area (Å²) in [4.78, 5) is 33.4. The van der Waals surface area contributed by atoms with Crippen LogP contribution in [0.25, 0.3) is 5.57 Å². The van der Waals surface area contributed by atoms with Gasteiger partial charge in [-0.15, -0.1) is 9.83 Å². The fourth-order valence-electron chi connectivity index (χ4n) is 1.42. The van der Waals surface area contributed by atoms with Gasteiger partial charge in [0.15, 0.2) is 5.75 Å². The van der Waals surface area contributed by atoms with E-state index in [1.165, 1.54) is 14.0 Å². The summed E-state index contributed by atoms with van der Waals surface area (Å²) in [5.74, 6) is 2.13. The van der Waals surface area contributed by atoms with Gasteiger partial charge in [-0.1, -0.05) is 18.2 Å². The van der Waals surface area contributed by atoms with E-state index in [0.29, 0.717) is 5.75 Å². The van der Waals surface area contributed by atoms with Crippen molar-refractivity contribution in [3.05, 3.63) is 46.6 Å². The Morgan fingerprint density at radius 2 is 2.00 bits per heavy atom. The number of nitrogens with zero attached hydrogens (tertiary/aromatic N) is 3. The normalized spacial score (nSPS) is 9.79. The van der Waals surface area contributed by atoms with E-state index in [4.69, 9.17) is 9.68 Å². The maximum atomic E-state index is 11.9. The van der Waals surface area contributed by atoms with Crippen molar-refractivity contribution in [2.45, 2.75) is 6.92 Å². The first-order valence-corrected chi connectivity index (χ1v) is 5.39. The first-order valence-electron chi connectivity index (χ1n) is 5.39. The molecule has 1 aromatic heterocycles. The predicted octanol–water partition coefficient (Wildman–Crippen LogP) is 0.180. The van der Waals surface area contributed by atoms with Crippen molar-refractivity contribution in [3.63, 3.8) is 0 Å². The van der Waals surface area contributed by atoms with Crippen molar-refractivity contribution in [1.82, 2.24) is 14.7 Å². The molecule has 2 aromatic rings. The van der Waals surface area contributed by atoms with Crippen molar-refractivity contribution >= 4 is 11.5 Å². The second kappa shape index (κ2) is 5.24. The predicted molar refractivity (Wildman–Crippen MR) is 66.2 cm³/mol. The molecular weight excluding hydrogens is 250 g/mol. The first-order chi connectivity index (χ1) is 9.17. The second-order valence-electron chi connectivity index (χ2n) is 3.59. The van der Waals surface area contributed by atoms with Crippen molar-refractivity contribution < 1.29 is 14.5 Å². The van der Waals surface area contributed by atoms with E-state index in [-0.39, 0.29) is 11.4 Å². The summed E-state index contributed by atoms with van der Waals surface area (Å²) >= 11 is 0. The van der Waals surface area contributed by atoms with Crippen LogP contribution in [-0.4, -0.2) is 27.7 Å². The number of rotatable bonds is 4. The molecule has 0 saturated heterocycles. The number of allylic oxidation sites excluding steroid dienone is 1. The topological polar surface area (TPSA) is 75.3 Å². The molecule has 1 aromatic carbocycles. The lowest BCUT2D eigenvalue weighted by atomic mass is 10.3. The van der Waals surface area contributed by atoms with Gasteiger partial charge >= 0.3 is 5.69 Å². The summed E-state index contributed by atoms with van der Waals surface area (Å²) in [6, 6.07) is 8.66. The monoisotopic (exact) mass is 261 g/mol. The highest BCUT2D eigenvalue weighted by Crippen LogP contribution is 2.09. The average Bonchev–Trinajstić information content (AvgIpc) is 2.76. The van der Waals surface area contributed by atoms with Gasteiger partial charge in [0.2, 0.25) is 5.82 Å². The third-order valence-corrected chi connectivity index (χ3v) is 2.32. The fourth-order valence-corrected chi connectivity index (χ4v) is 1.42. The Hall–Kier alpha value is -2.79. The molecule has 0 aliphatic carbocycles. The van der Waals surface area contributed by atoms with Crippen molar-refractivity contribution in [3.8, 4) is 5.75 Å². The van der Waals surface area contributed by atoms with Crippen molar-refractivity contribution in [2.75, 3.05) is 7.11 Å². The van der Waals surface area contributed by atoms with Gasteiger partial charge < -0.3 is 9.68 Å². The van der Waals surface area contributed by atoms with Crippen LogP contribution in [0, 0.1) is 0 Å². The minimum absolute atomic E-state index is 0.0402. The zero-order chi connectivity index (χ0) is 13.8. The van der Waals surface area contributed by atoms with E-state index in [1.807, 2.05) is 6.07 Å². The third kappa shape index (κ3) is 2.41. The Morgan fingerprint density at radius 3 is 2.58 bits per heavy atom. The minimum Gasteiger partial charge on any atom is -0.411 e. The summed E-state index contributed by atoms with van der Waals surface area (Å²) in [5, 5.41) is 3.87. The van der Waals surface area contributed by atoms with Crippen LogP contribution in [0.1, 0.15) is 12.7 Å². The molecular formula is C12H11N3O4. The molecule has 19 heavy (non-hydrogen) atoms. The largest absolute Gasteiger partial charge is 0.414 e. The van der Waals surface area contributed by atoms with Crippen LogP contribution >= 0.6 is 0 Å². The Labute approximate surface area is 108 Å². The molecule has 0 bridgehead atoms. The maximum Gasteiger partial charge on any atom is 0.414 e. The number of para-hydroxylation sites is 1. The highest BCUT2D eigenvalue weighted by molar-refractivity contribution is 5.83. The smallest absolute Gasteiger partial charge is 0.411 e. The molecule has 98 valence electrons. The maximum absolute atomic E-state index is 11.9. The van der Waals surface area contributed by atoms with E-state index in [9.17, 15) is 9.59 Å². The van der Waals surface area contributed by atoms with E-state index < -0.39 is 5.69 Å². The fraction of sp³-hybridized carbons (Fsp3) is 0.167. The van der Waals surface area contributed by atoms with Crippen LogP contribution in [-0.2, 0) is 4.79 Å². The van der Waals surface area contributed by atoms with Gasteiger partial charge in [0.1, 0.15) is 13.1 Å². The van der Waals surface area contributed by atoms with Crippen molar-refractivity contribution in [1.29, 1.82) is 0 Å². The van der Waals surface area contributed by atoms with Crippen LogP contribution < -0.4 is 15.4 Å².